The molecule has 0 aromatic carbocycles. The van der Waals surface area contributed by atoms with Gasteiger partial charge in [0, 0.05) is 30.6 Å². The van der Waals surface area contributed by atoms with Crippen LogP contribution in [0, 0.1) is 17.2 Å². The molecule has 0 radical (unpaired) electrons. The molecule has 2 aromatic heterocycles. The van der Waals surface area contributed by atoms with E-state index < -0.39 is 0 Å². The van der Waals surface area contributed by atoms with Gasteiger partial charge in [0.2, 0.25) is 0 Å². The van der Waals surface area contributed by atoms with Crippen molar-refractivity contribution in [3.05, 3.63) is 36.3 Å². The minimum atomic E-state index is 0.635. The molecule has 1 aliphatic rings. The van der Waals surface area contributed by atoms with Crippen molar-refractivity contribution < 1.29 is 0 Å². The molecule has 17 heavy (non-hydrogen) atoms. The third-order valence-electron chi connectivity index (χ3n) is 2.98. The second-order valence-corrected chi connectivity index (χ2v) is 4.39. The molecule has 0 amide bonds. The predicted molar refractivity (Wildman–Crippen MR) is 62.9 cm³/mol. The largest absolute Gasteiger partial charge is 0.264 e. The normalized spacial score (nSPS) is 14.5. The Hall–Kier alpha value is -2.15. The quantitative estimate of drug-likeness (QED) is 0.803. The van der Waals surface area contributed by atoms with Crippen molar-refractivity contribution in [2.45, 2.75) is 19.4 Å². The van der Waals surface area contributed by atoms with Gasteiger partial charge in [0.25, 0.3) is 0 Å². The van der Waals surface area contributed by atoms with Gasteiger partial charge in [0.1, 0.15) is 11.8 Å². The third-order valence-corrected chi connectivity index (χ3v) is 2.98. The Kier molecular flexibility index (Phi) is 2.37. The van der Waals surface area contributed by atoms with Crippen molar-refractivity contribution in [2.24, 2.45) is 5.92 Å². The fraction of sp³-hybridized carbons (Fsp3) is 0.308. The highest BCUT2D eigenvalue weighted by atomic mass is 15.3. The summed E-state index contributed by atoms with van der Waals surface area (Å²) in [5.41, 5.74) is 2.42. The molecule has 2 heterocycles. The first kappa shape index (κ1) is 10.0. The molecule has 2 aromatic rings. The van der Waals surface area contributed by atoms with Gasteiger partial charge in [-0.1, -0.05) is 0 Å². The number of pyridine rings is 1. The van der Waals surface area contributed by atoms with E-state index in [9.17, 15) is 0 Å². The summed E-state index contributed by atoms with van der Waals surface area (Å²) in [5.74, 6) is 0.712. The zero-order valence-corrected chi connectivity index (χ0v) is 9.37. The van der Waals surface area contributed by atoms with Gasteiger partial charge < -0.3 is 0 Å². The van der Waals surface area contributed by atoms with Crippen LogP contribution in [0.5, 0.6) is 0 Å². The molecular formula is C13H12N4. The van der Waals surface area contributed by atoms with Crippen LogP contribution in [0.15, 0.2) is 30.6 Å². The van der Waals surface area contributed by atoms with Gasteiger partial charge in [-0.05, 0) is 30.9 Å². The van der Waals surface area contributed by atoms with Gasteiger partial charge in [0.15, 0.2) is 0 Å². The second kappa shape index (κ2) is 4.02. The number of rotatable bonds is 3. The molecular weight excluding hydrogens is 212 g/mol. The van der Waals surface area contributed by atoms with Gasteiger partial charge in [-0.25, -0.2) is 0 Å². The fourth-order valence-electron chi connectivity index (χ4n) is 1.85. The SMILES string of the molecule is N#Cc1cc(-c2cccnc2)nn1CC1CC1. The lowest BCUT2D eigenvalue weighted by Gasteiger charge is -1.99. The molecule has 3 rings (SSSR count). The summed E-state index contributed by atoms with van der Waals surface area (Å²) in [5, 5.41) is 13.6. The predicted octanol–water partition coefficient (Wildman–Crippen LogP) is 2.23. The van der Waals surface area contributed by atoms with Gasteiger partial charge in [-0.3, -0.25) is 9.67 Å². The van der Waals surface area contributed by atoms with E-state index in [0.717, 1.165) is 17.8 Å². The van der Waals surface area contributed by atoms with E-state index in [-0.39, 0.29) is 0 Å². The van der Waals surface area contributed by atoms with E-state index in [1.165, 1.54) is 12.8 Å². The topological polar surface area (TPSA) is 54.5 Å². The zero-order chi connectivity index (χ0) is 11.7. The maximum Gasteiger partial charge on any atom is 0.139 e. The summed E-state index contributed by atoms with van der Waals surface area (Å²) >= 11 is 0. The number of hydrogen-bond acceptors (Lipinski definition) is 3. The summed E-state index contributed by atoms with van der Waals surface area (Å²) in [4.78, 5) is 4.07. The van der Waals surface area contributed by atoms with Gasteiger partial charge in [-0.2, -0.15) is 10.4 Å². The molecule has 0 aliphatic heterocycles. The Morgan fingerprint density at radius 1 is 1.47 bits per heavy atom. The van der Waals surface area contributed by atoms with Crippen molar-refractivity contribution >= 4 is 0 Å². The average molecular weight is 224 g/mol. The molecule has 4 heteroatoms. The van der Waals surface area contributed by atoms with Gasteiger partial charge in [0.05, 0.1) is 5.69 Å². The van der Waals surface area contributed by atoms with Crippen LogP contribution in [0.4, 0.5) is 0 Å². The molecule has 0 atom stereocenters. The lowest BCUT2D eigenvalue weighted by molar-refractivity contribution is 0.559. The number of nitriles is 1. The number of hydrogen-bond donors (Lipinski definition) is 0. The van der Waals surface area contributed by atoms with Crippen molar-refractivity contribution in [1.29, 1.82) is 5.26 Å². The van der Waals surface area contributed by atoms with Crippen LogP contribution in [0.1, 0.15) is 18.5 Å². The third kappa shape index (κ3) is 2.04. The van der Waals surface area contributed by atoms with Crippen molar-refractivity contribution in [3.63, 3.8) is 0 Å². The molecule has 84 valence electrons. The van der Waals surface area contributed by atoms with E-state index in [1.807, 2.05) is 22.9 Å². The first-order chi connectivity index (χ1) is 8.36. The minimum absolute atomic E-state index is 0.635. The summed E-state index contributed by atoms with van der Waals surface area (Å²) in [7, 11) is 0. The van der Waals surface area contributed by atoms with E-state index in [2.05, 4.69) is 16.2 Å². The van der Waals surface area contributed by atoms with Crippen LogP contribution in [-0.2, 0) is 6.54 Å². The molecule has 0 unspecified atom stereocenters. The highest BCUT2D eigenvalue weighted by Gasteiger charge is 2.23. The molecule has 0 bridgehead atoms. The molecule has 1 saturated carbocycles. The summed E-state index contributed by atoms with van der Waals surface area (Å²) in [6, 6.07) is 7.86. The minimum Gasteiger partial charge on any atom is -0.264 e. The lowest BCUT2D eigenvalue weighted by atomic mass is 10.2. The highest BCUT2D eigenvalue weighted by molar-refractivity contribution is 5.58. The summed E-state index contributed by atoms with van der Waals surface area (Å²) in [6.45, 7) is 0.864. The van der Waals surface area contributed by atoms with Crippen LogP contribution in [0.25, 0.3) is 11.3 Å². The van der Waals surface area contributed by atoms with Crippen LogP contribution < -0.4 is 0 Å². The van der Waals surface area contributed by atoms with Gasteiger partial charge in [-0.15, -0.1) is 0 Å². The number of nitrogens with zero attached hydrogens (tertiary/aromatic N) is 4. The van der Waals surface area contributed by atoms with Crippen LogP contribution in [0.2, 0.25) is 0 Å². The van der Waals surface area contributed by atoms with E-state index in [4.69, 9.17) is 5.26 Å². The number of aromatic nitrogens is 3. The standard InChI is InChI=1S/C13H12N4/c14-7-12-6-13(11-2-1-5-15-8-11)16-17(12)9-10-3-4-10/h1-2,5-6,8,10H,3-4,9H2. The van der Waals surface area contributed by atoms with Crippen molar-refractivity contribution in [1.82, 2.24) is 14.8 Å². The zero-order valence-electron chi connectivity index (χ0n) is 9.37. The molecule has 0 N–H and O–H groups in total. The maximum atomic E-state index is 9.09. The van der Waals surface area contributed by atoms with Crippen LogP contribution in [0.3, 0.4) is 0 Å². The molecule has 0 spiro atoms. The Morgan fingerprint density at radius 2 is 2.35 bits per heavy atom. The monoisotopic (exact) mass is 224 g/mol. The fourth-order valence-corrected chi connectivity index (χ4v) is 1.85. The Labute approximate surface area is 99.5 Å². The molecule has 1 aliphatic carbocycles. The highest BCUT2D eigenvalue weighted by Crippen LogP contribution is 2.31. The van der Waals surface area contributed by atoms with E-state index in [1.54, 1.807) is 12.4 Å². The van der Waals surface area contributed by atoms with E-state index in [0.29, 0.717) is 11.6 Å². The Bertz CT molecular complexity index is 561. The Balaban J connectivity index is 1.96. The van der Waals surface area contributed by atoms with Gasteiger partial charge >= 0.3 is 0 Å². The maximum absolute atomic E-state index is 9.09. The summed E-state index contributed by atoms with van der Waals surface area (Å²) < 4.78 is 1.82. The van der Waals surface area contributed by atoms with E-state index >= 15 is 0 Å². The molecule has 4 nitrogen and oxygen atoms in total. The summed E-state index contributed by atoms with van der Waals surface area (Å²) in [6.07, 6.45) is 6.01. The van der Waals surface area contributed by atoms with Crippen LogP contribution >= 0.6 is 0 Å². The smallest absolute Gasteiger partial charge is 0.139 e. The molecule has 0 saturated heterocycles. The van der Waals surface area contributed by atoms with Crippen molar-refractivity contribution in [3.8, 4) is 17.3 Å². The van der Waals surface area contributed by atoms with Crippen LogP contribution in [-0.4, -0.2) is 14.8 Å². The second-order valence-electron chi connectivity index (χ2n) is 4.39. The first-order valence-electron chi connectivity index (χ1n) is 5.75. The lowest BCUT2D eigenvalue weighted by Crippen LogP contribution is -2.04. The van der Waals surface area contributed by atoms with Crippen molar-refractivity contribution in [2.75, 3.05) is 0 Å². The Morgan fingerprint density at radius 3 is 3.00 bits per heavy atom. The average Bonchev–Trinajstić information content (AvgIpc) is 3.09. The first-order valence-corrected chi connectivity index (χ1v) is 5.75. The molecule has 1 fully saturated rings.